The van der Waals surface area contributed by atoms with Crippen molar-refractivity contribution in [2.75, 3.05) is 7.05 Å². The number of nitrogens with zero attached hydrogens (tertiary/aromatic N) is 2. The first-order chi connectivity index (χ1) is 13.1. The number of hydrogen-bond donors (Lipinski definition) is 2. The Bertz CT molecular complexity index is 912. The van der Waals surface area contributed by atoms with Crippen molar-refractivity contribution < 1.29 is 4.42 Å². The van der Waals surface area contributed by atoms with Gasteiger partial charge in [0.05, 0.1) is 18.3 Å². The van der Waals surface area contributed by atoms with Crippen LogP contribution >= 0.6 is 0 Å². The Morgan fingerprint density at radius 1 is 1.11 bits per heavy atom. The first-order valence-corrected chi connectivity index (χ1v) is 9.11. The highest BCUT2D eigenvalue weighted by molar-refractivity contribution is 5.80. The fourth-order valence-electron chi connectivity index (χ4n) is 2.94. The topological polar surface area (TPSA) is 62.5 Å². The molecular formula is C22H26N4O. The predicted molar refractivity (Wildman–Crippen MR) is 110 cm³/mol. The molecule has 3 aromatic rings. The van der Waals surface area contributed by atoms with E-state index in [1.54, 1.807) is 13.3 Å². The van der Waals surface area contributed by atoms with Crippen molar-refractivity contribution in [2.24, 2.45) is 4.99 Å². The van der Waals surface area contributed by atoms with Crippen LogP contribution in [0, 0.1) is 13.8 Å². The number of aliphatic imine (C=N–C) groups is 1. The lowest BCUT2D eigenvalue weighted by atomic mass is 10.0. The minimum Gasteiger partial charge on any atom is -0.444 e. The molecule has 1 unspecified atom stereocenters. The molecule has 0 radical (unpaired) electrons. The Kier molecular flexibility index (Phi) is 5.91. The summed E-state index contributed by atoms with van der Waals surface area (Å²) >= 11 is 0. The van der Waals surface area contributed by atoms with Crippen LogP contribution in [0.1, 0.15) is 35.3 Å². The third-order valence-electron chi connectivity index (χ3n) is 4.52. The lowest BCUT2D eigenvalue weighted by Crippen LogP contribution is -2.38. The number of aryl methyl sites for hydroxylation is 2. The van der Waals surface area contributed by atoms with Crippen molar-refractivity contribution in [1.82, 2.24) is 15.6 Å². The summed E-state index contributed by atoms with van der Waals surface area (Å²) in [5, 5.41) is 6.72. The Morgan fingerprint density at radius 2 is 1.85 bits per heavy atom. The fraction of sp³-hybridized carbons (Fsp3) is 0.273. The summed E-state index contributed by atoms with van der Waals surface area (Å²) in [7, 11) is 1.76. The number of nitrogens with one attached hydrogen (secondary N) is 2. The van der Waals surface area contributed by atoms with E-state index in [1.165, 1.54) is 16.7 Å². The van der Waals surface area contributed by atoms with Crippen LogP contribution in [0.5, 0.6) is 0 Å². The molecule has 1 aromatic heterocycles. The van der Waals surface area contributed by atoms with Crippen molar-refractivity contribution >= 4 is 5.96 Å². The van der Waals surface area contributed by atoms with Crippen LogP contribution in [-0.4, -0.2) is 18.0 Å². The van der Waals surface area contributed by atoms with Crippen LogP contribution in [0.15, 0.2) is 64.2 Å². The van der Waals surface area contributed by atoms with Crippen LogP contribution in [0.2, 0.25) is 0 Å². The van der Waals surface area contributed by atoms with Crippen LogP contribution in [0.4, 0.5) is 0 Å². The first kappa shape index (κ1) is 18.7. The Hall–Kier alpha value is -3.08. The average molecular weight is 362 g/mol. The summed E-state index contributed by atoms with van der Waals surface area (Å²) in [6.45, 7) is 6.84. The van der Waals surface area contributed by atoms with Gasteiger partial charge in [-0.15, -0.1) is 0 Å². The standard InChI is InChI=1S/C22H26N4O/c1-15-9-11-18(12-10-15)21-26-19(14-27-21)13-24-22(23-4)25-17(3)20-8-6-5-7-16(20)2/h5-12,14,17H,13H2,1-4H3,(H2,23,24,25). The second-order valence-corrected chi connectivity index (χ2v) is 6.66. The molecule has 0 bridgehead atoms. The molecule has 0 spiro atoms. The normalized spacial score (nSPS) is 12.7. The number of hydrogen-bond acceptors (Lipinski definition) is 3. The van der Waals surface area contributed by atoms with Gasteiger partial charge in [-0.1, -0.05) is 42.0 Å². The lowest BCUT2D eigenvalue weighted by Gasteiger charge is -2.19. The molecule has 27 heavy (non-hydrogen) atoms. The summed E-state index contributed by atoms with van der Waals surface area (Å²) in [5.41, 5.74) is 5.53. The van der Waals surface area contributed by atoms with E-state index in [0.29, 0.717) is 12.4 Å². The zero-order valence-electron chi connectivity index (χ0n) is 16.3. The van der Waals surface area contributed by atoms with Gasteiger partial charge in [-0.3, -0.25) is 4.99 Å². The molecule has 0 aliphatic rings. The molecule has 140 valence electrons. The van der Waals surface area contributed by atoms with Crippen molar-refractivity contribution in [3.8, 4) is 11.5 Å². The van der Waals surface area contributed by atoms with Gasteiger partial charge in [0.25, 0.3) is 0 Å². The summed E-state index contributed by atoms with van der Waals surface area (Å²) < 4.78 is 5.61. The van der Waals surface area contributed by atoms with E-state index in [0.717, 1.165) is 17.2 Å². The fourth-order valence-corrected chi connectivity index (χ4v) is 2.94. The predicted octanol–water partition coefficient (Wildman–Crippen LogP) is 4.38. The maximum Gasteiger partial charge on any atom is 0.226 e. The van der Waals surface area contributed by atoms with Crippen molar-refractivity contribution in [3.63, 3.8) is 0 Å². The lowest BCUT2D eigenvalue weighted by molar-refractivity contribution is 0.572. The molecule has 0 fully saturated rings. The molecule has 3 rings (SSSR count). The Labute approximate surface area is 160 Å². The molecule has 1 heterocycles. The van der Waals surface area contributed by atoms with E-state index in [2.05, 4.69) is 77.8 Å². The first-order valence-electron chi connectivity index (χ1n) is 9.11. The van der Waals surface area contributed by atoms with Gasteiger partial charge in [-0.05, 0) is 44.0 Å². The number of aromatic nitrogens is 1. The van der Waals surface area contributed by atoms with Crippen molar-refractivity contribution in [2.45, 2.75) is 33.4 Å². The molecule has 5 heteroatoms. The Morgan fingerprint density at radius 3 is 2.56 bits per heavy atom. The van der Waals surface area contributed by atoms with E-state index in [-0.39, 0.29) is 6.04 Å². The summed E-state index contributed by atoms with van der Waals surface area (Å²) in [6, 6.07) is 16.6. The monoisotopic (exact) mass is 362 g/mol. The number of oxazole rings is 1. The van der Waals surface area contributed by atoms with Gasteiger partial charge >= 0.3 is 0 Å². The highest BCUT2D eigenvalue weighted by Gasteiger charge is 2.11. The Balaban J connectivity index is 1.60. The zero-order chi connectivity index (χ0) is 19.2. The molecule has 2 aromatic carbocycles. The molecule has 0 saturated heterocycles. The maximum absolute atomic E-state index is 5.61. The summed E-state index contributed by atoms with van der Waals surface area (Å²) in [6.07, 6.45) is 1.68. The maximum atomic E-state index is 5.61. The highest BCUT2D eigenvalue weighted by Crippen LogP contribution is 2.19. The van der Waals surface area contributed by atoms with Crippen LogP contribution in [-0.2, 0) is 6.54 Å². The number of benzene rings is 2. The molecule has 0 amide bonds. The summed E-state index contributed by atoms with van der Waals surface area (Å²) in [4.78, 5) is 8.86. The van der Waals surface area contributed by atoms with E-state index in [1.807, 2.05) is 12.1 Å². The second kappa shape index (κ2) is 8.54. The minimum atomic E-state index is 0.151. The molecule has 1 atom stereocenters. The second-order valence-electron chi connectivity index (χ2n) is 6.66. The molecule has 0 aliphatic carbocycles. The van der Waals surface area contributed by atoms with Gasteiger partial charge in [-0.2, -0.15) is 0 Å². The van der Waals surface area contributed by atoms with E-state index >= 15 is 0 Å². The highest BCUT2D eigenvalue weighted by atomic mass is 16.3. The average Bonchev–Trinajstić information content (AvgIpc) is 3.15. The van der Waals surface area contributed by atoms with Crippen LogP contribution in [0.25, 0.3) is 11.5 Å². The molecule has 5 nitrogen and oxygen atoms in total. The SMILES string of the molecule is CN=C(NCc1coc(-c2ccc(C)cc2)n1)NC(C)c1ccccc1C. The molecule has 0 aliphatic heterocycles. The zero-order valence-corrected chi connectivity index (χ0v) is 16.3. The van der Waals surface area contributed by atoms with Gasteiger partial charge < -0.3 is 15.1 Å². The third kappa shape index (κ3) is 4.76. The number of guanidine groups is 1. The molecule has 0 saturated carbocycles. The minimum absolute atomic E-state index is 0.151. The van der Waals surface area contributed by atoms with Crippen LogP contribution < -0.4 is 10.6 Å². The molecular weight excluding hydrogens is 336 g/mol. The summed E-state index contributed by atoms with van der Waals surface area (Å²) in [5.74, 6) is 1.36. The van der Waals surface area contributed by atoms with Gasteiger partial charge in [0.1, 0.15) is 6.26 Å². The van der Waals surface area contributed by atoms with E-state index < -0.39 is 0 Å². The van der Waals surface area contributed by atoms with E-state index in [4.69, 9.17) is 4.42 Å². The number of rotatable bonds is 5. The quantitative estimate of drug-likeness (QED) is 0.522. The molecule has 2 N–H and O–H groups in total. The largest absolute Gasteiger partial charge is 0.444 e. The van der Waals surface area contributed by atoms with E-state index in [9.17, 15) is 0 Å². The van der Waals surface area contributed by atoms with Gasteiger partial charge in [0.2, 0.25) is 5.89 Å². The third-order valence-corrected chi connectivity index (χ3v) is 4.52. The van der Waals surface area contributed by atoms with Gasteiger partial charge in [0.15, 0.2) is 5.96 Å². The smallest absolute Gasteiger partial charge is 0.226 e. The van der Waals surface area contributed by atoms with Crippen LogP contribution in [0.3, 0.4) is 0 Å². The van der Waals surface area contributed by atoms with Crippen molar-refractivity contribution in [1.29, 1.82) is 0 Å². The van der Waals surface area contributed by atoms with Crippen molar-refractivity contribution in [3.05, 3.63) is 77.2 Å². The van der Waals surface area contributed by atoms with Gasteiger partial charge in [0, 0.05) is 12.6 Å². The van der Waals surface area contributed by atoms with Gasteiger partial charge in [-0.25, -0.2) is 4.98 Å².